The van der Waals surface area contributed by atoms with Crippen LogP contribution in [-0.2, 0) is 16.1 Å². The number of methoxy groups -OCH3 is 1. The number of fused-ring (bicyclic) bond motifs is 1. The molecule has 2 heterocycles. The number of carbonyl (C=O) groups excluding carboxylic acids is 1. The molecule has 1 aromatic heterocycles. The molecule has 0 fully saturated rings. The molecule has 0 saturated carbocycles. The number of nitrogens with zero attached hydrogens (tertiary/aromatic N) is 3. The lowest BCUT2D eigenvalue weighted by Crippen LogP contribution is -2.40. The van der Waals surface area contributed by atoms with Crippen molar-refractivity contribution in [1.82, 2.24) is 4.57 Å². The highest BCUT2D eigenvalue weighted by molar-refractivity contribution is 7.98. The first-order chi connectivity index (χ1) is 23.8. The second-order valence-electron chi connectivity index (χ2n) is 10.8. The molecule has 49 heavy (non-hydrogen) atoms. The third-order valence-corrected chi connectivity index (χ3v) is 9.57. The van der Waals surface area contributed by atoms with Crippen LogP contribution in [0.15, 0.2) is 117 Å². The highest BCUT2D eigenvalue weighted by atomic mass is 32.2. The second-order valence-corrected chi connectivity index (χ2v) is 12.7. The van der Waals surface area contributed by atoms with Gasteiger partial charge in [0.25, 0.3) is 11.2 Å². The predicted octanol–water partition coefficient (Wildman–Crippen LogP) is 6.15. The summed E-state index contributed by atoms with van der Waals surface area (Å²) < 4.78 is 18.6. The zero-order valence-electron chi connectivity index (χ0n) is 26.8. The summed E-state index contributed by atoms with van der Waals surface area (Å²) >= 11 is 2.65. The molecule has 0 N–H and O–H groups in total. The molecule has 0 spiro atoms. The summed E-state index contributed by atoms with van der Waals surface area (Å²) in [5, 5.41) is 12.3. The molecular weight excluding hydrogens is 663 g/mol. The molecule has 0 unspecified atom stereocenters. The Morgan fingerprint density at radius 1 is 1.02 bits per heavy atom. The molecule has 4 aromatic carbocycles. The molecule has 0 saturated heterocycles. The SMILES string of the molecule is CCOC(=O)C1=C(c2ccccc2)N=c2s/c(=C\c3cc(OC)c(OCc4ccccc4)cc3[N+](=O)[O-])c(=O)n2[C@H]1c1ccc(SC)cc1. The van der Waals surface area contributed by atoms with Crippen LogP contribution in [0.1, 0.15) is 35.2 Å². The Morgan fingerprint density at radius 2 is 1.71 bits per heavy atom. The number of thiazole rings is 1. The summed E-state index contributed by atoms with van der Waals surface area (Å²) in [7, 11) is 1.44. The van der Waals surface area contributed by atoms with E-state index < -0.39 is 22.5 Å². The molecule has 0 bridgehead atoms. The molecule has 248 valence electrons. The van der Waals surface area contributed by atoms with Gasteiger partial charge in [-0.3, -0.25) is 19.5 Å². The highest BCUT2D eigenvalue weighted by Crippen LogP contribution is 2.37. The lowest BCUT2D eigenvalue weighted by molar-refractivity contribution is -0.385. The van der Waals surface area contributed by atoms with Crippen LogP contribution in [-0.4, -0.2) is 35.4 Å². The maximum Gasteiger partial charge on any atom is 0.338 e. The van der Waals surface area contributed by atoms with Crippen molar-refractivity contribution < 1.29 is 23.9 Å². The predicted molar refractivity (Wildman–Crippen MR) is 190 cm³/mol. The standard InChI is InChI=1S/C37H31N3O7S2/c1-4-46-36(42)32-33(24-13-9-6-10-14-24)38-37-39(34(32)25-15-17-27(48-3)18-16-25)35(41)31(49-37)20-26-19-29(45-2)30(21-28(26)40(43)44)47-22-23-11-7-5-8-12-23/h5-21,34H,4,22H2,1-3H3/b31-20-/t34-/m0/s1. The lowest BCUT2D eigenvalue weighted by atomic mass is 9.93. The van der Waals surface area contributed by atoms with Crippen molar-refractivity contribution in [3.8, 4) is 11.5 Å². The monoisotopic (exact) mass is 693 g/mol. The average Bonchev–Trinajstić information content (AvgIpc) is 3.44. The Labute approximate surface area is 289 Å². The summed E-state index contributed by atoms with van der Waals surface area (Å²) in [6.45, 7) is 2.03. The summed E-state index contributed by atoms with van der Waals surface area (Å²) in [5.41, 5.74) is 2.27. The van der Waals surface area contributed by atoms with Crippen LogP contribution < -0.4 is 24.4 Å². The zero-order valence-corrected chi connectivity index (χ0v) is 28.5. The first-order valence-corrected chi connectivity index (χ1v) is 17.3. The number of aromatic nitrogens is 1. The van der Waals surface area contributed by atoms with Crippen molar-refractivity contribution in [2.75, 3.05) is 20.0 Å². The zero-order chi connectivity index (χ0) is 34.5. The van der Waals surface area contributed by atoms with Crippen molar-refractivity contribution >= 4 is 46.5 Å². The van der Waals surface area contributed by atoms with E-state index in [1.54, 1.807) is 18.7 Å². The molecule has 5 aromatic rings. The minimum Gasteiger partial charge on any atom is -0.493 e. The smallest absolute Gasteiger partial charge is 0.338 e. The van der Waals surface area contributed by atoms with E-state index in [1.807, 2.05) is 91.2 Å². The highest BCUT2D eigenvalue weighted by Gasteiger charge is 2.35. The molecule has 1 atom stereocenters. The van der Waals surface area contributed by atoms with Gasteiger partial charge in [0.1, 0.15) is 6.61 Å². The van der Waals surface area contributed by atoms with Gasteiger partial charge in [-0.25, -0.2) is 9.79 Å². The van der Waals surface area contributed by atoms with Gasteiger partial charge < -0.3 is 14.2 Å². The lowest BCUT2D eigenvalue weighted by Gasteiger charge is -2.26. The summed E-state index contributed by atoms with van der Waals surface area (Å²) in [6, 6.07) is 28.2. The fourth-order valence-electron chi connectivity index (χ4n) is 5.53. The van der Waals surface area contributed by atoms with E-state index in [2.05, 4.69) is 0 Å². The Hall–Kier alpha value is -5.46. The number of hydrogen-bond acceptors (Lipinski definition) is 10. The Morgan fingerprint density at radius 3 is 2.35 bits per heavy atom. The van der Waals surface area contributed by atoms with Gasteiger partial charge in [-0.05, 0) is 48.6 Å². The maximum atomic E-state index is 14.3. The number of hydrogen-bond donors (Lipinski definition) is 0. The number of carbonyl (C=O) groups is 1. The fourth-order valence-corrected chi connectivity index (χ4v) is 6.93. The Bertz CT molecular complexity index is 2230. The van der Waals surface area contributed by atoms with Crippen molar-refractivity contribution in [3.63, 3.8) is 0 Å². The number of rotatable bonds is 11. The van der Waals surface area contributed by atoms with Gasteiger partial charge in [0.2, 0.25) is 0 Å². The van der Waals surface area contributed by atoms with Gasteiger partial charge in [0.05, 0.1) is 52.1 Å². The van der Waals surface area contributed by atoms with Gasteiger partial charge in [0, 0.05) is 10.5 Å². The van der Waals surface area contributed by atoms with Crippen molar-refractivity contribution in [2.45, 2.75) is 24.5 Å². The van der Waals surface area contributed by atoms with Crippen LogP contribution in [0.3, 0.4) is 0 Å². The van der Waals surface area contributed by atoms with E-state index in [0.29, 0.717) is 21.6 Å². The third-order valence-electron chi connectivity index (χ3n) is 7.84. The summed E-state index contributed by atoms with van der Waals surface area (Å²) in [6.07, 6.45) is 3.42. The van der Waals surface area contributed by atoms with Gasteiger partial charge in [0.15, 0.2) is 16.3 Å². The van der Waals surface area contributed by atoms with Crippen LogP contribution in [0, 0.1) is 10.1 Å². The second kappa shape index (κ2) is 14.8. The van der Waals surface area contributed by atoms with Crippen molar-refractivity contribution in [2.24, 2.45) is 4.99 Å². The normalized spacial score (nSPS) is 14.2. The Kier molecular flexibility index (Phi) is 10.1. The van der Waals surface area contributed by atoms with E-state index in [1.165, 1.54) is 29.9 Å². The number of nitro benzene ring substituents is 1. The number of benzene rings is 4. The molecule has 12 heteroatoms. The first kappa shape index (κ1) is 33.4. The average molecular weight is 694 g/mol. The molecule has 10 nitrogen and oxygen atoms in total. The number of nitro groups is 1. The molecule has 0 aliphatic carbocycles. The first-order valence-electron chi connectivity index (χ1n) is 15.3. The molecule has 0 radical (unpaired) electrons. The third kappa shape index (κ3) is 6.92. The van der Waals surface area contributed by atoms with Crippen LogP contribution in [0.5, 0.6) is 11.5 Å². The van der Waals surface area contributed by atoms with Gasteiger partial charge in [-0.15, -0.1) is 11.8 Å². The molecule has 6 rings (SSSR count). The van der Waals surface area contributed by atoms with Crippen molar-refractivity contribution in [3.05, 3.63) is 155 Å². The fraction of sp³-hybridized carbons (Fsp3) is 0.162. The van der Waals surface area contributed by atoms with Gasteiger partial charge in [-0.2, -0.15) is 0 Å². The topological polar surface area (TPSA) is 122 Å². The minimum absolute atomic E-state index is 0.128. The summed E-state index contributed by atoms with van der Waals surface area (Å²) in [4.78, 5) is 46.0. The largest absolute Gasteiger partial charge is 0.493 e. The number of thioether (sulfide) groups is 1. The van der Waals surface area contributed by atoms with E-state index in [4.69, 9.17) is 19.2 Å². The number of ether oxygens (including phenoxy) is 3. The van der Waals surface area contributed by atoms with E-state index in [0.717, 1.165) is 21.8 Å². The molecule has 1 aliphatic rings. The van der Waals surface area contributed by atoms with Crippen LogP contribution >= 0.6 is 23.1 Å². The van der Waals surface area contributed by atoms with Crippen LogP contribution in [0.4, 0.5) is 5.69 Å². The quantitative estimate of drug-likeness (QED) is 0.0699. The van der Waals surface area contributed by atoms with E-state index >= 15 is 0 Å². The molecule has 1 aliphatic heterocycles. The van der Waals surface area contributed by atoms with E-state index in [9.17, 15) is 19.7 Å². The Balaban J connectivity index is 1.55. The van der Waals surface area contributed by atoms with E-state index in [-0.39, 0.29) is 46.1 Å². The van der Waals surface area contributed by atoms with Gasteiger partial charge in [-0.1, -0.05) is 84.1 Å². The minimum atomic E-state index is -0.873. The van der Waals surface area contributed by atoms with Gasteiger partial charge >= 0.3 is 5.97 Å². The van der Waals surface area contributed by atoms with Crippen LogP contribution in [0.25, 0.3) is 11.8 Å². The molecular formula is C37H31N3O7S2. The summed E-state index contributed by atoms with van der Waals surface area (Å²) in [5.74, 6) is -0.134. The molecule has 0 amide bonds. The van der Waals surface area contributed by atoms with Crippen LogP contribution in [0.2, 0.25) is 0 Å². The number of esters is 1. The van der Waals surface area contributed by atoms with Crippen molar-refractivity contribution in [1.29, 1.82) is 0 Å². The maximum absolute atomic E-state index is 14.3.